The number of rotatable bonds is 8. The molecule has 3 rings (SSSR count). The van der Waals surface area contributed by atoms with Crippen molar-refractivity contribution >= 4 is 0 Å². The molecule has 0 spiro atoms. The molecule has 0 aliphatic carbocycles. The lowest BCUT2D eigenvalue weighted by Crippen LogP contribution is -2.08. The number of benzene rings is 2. The molecule has 3 aromatic rings. The van der Waals surface area contributed by atoms with Gasteiger partial charge in [0, 0.05) is 11.1 Å². The van der Waals surface area contributed by atoms with Gasteiger partial charge in [-0.3, -0.25) is 0 Å². The van der Waals surface area contributed by atoms with E-state index < -0.39 is 0 Å². The minimum atomic E-state index is 0.246. The topological polar surface area (TPSA) is 66.2 Å². The maximum atomic E-state index is 9.71. The Balaban J connectivity index is 2.15. The van der Waals surface area contributed by atoms with Crippen molar-refractivity contribution in [1.82, 2.24) is 9.97 Å². The van der Waals surface area contributed by atoms with Crippen LogP contribution in [0, 0.1) is 11.8 Å². The molecule has 2 N–H and O–H groups in total. The van der Waals surface area contributed by atoms with Crippen molar-refractivity contribution in [3.63, 3.8) is 0 Å². The summed E-state index contributed by atoms with van der Waals surface area (Å²) in [5.74, 6) is 1.63. The Morgan fingerprint density at radius 3 is 1.23 bits per heavy atom. The molecule has 0 aliphatic heterocycles. The van der Waals surface area contributed by atoms with Crippen LogP contribution >= 0.6 is 0 Å². The Bertz CT molecular complexity index is 880. The van der Waals surface area contributed by atoms with Gasteiger partial charge in [0.25, 0.3) is 0 Å². The predicted octanol–water partition coefficient (Wildman–Crippen LogP) is 6.40. The number of aromatic hydroxyl groups is 2. The van der Waals surface area contributed by atoms with Crippen LogP contribution in [0.2, 0.25) is 0 Å². The van der Waals surface area contributed by atoms with E-state index >= 15 is 0 Å². The summed E-state index contributed by atoms with van der Waals surface area (Å²) in [7, 11) is 0. The second-order valence-electron chi connectivity index (χ2n) is 8.77. The molecule has 1 heterocycles. The molecule has 0 amide bonds. The van der Waals surface area contributed by atoms with Gasteiger partial charge in [-0.15, -0.1) is 0 Å². The van der Waals surface area contributed by atoms with Gasteiger partial charge in [-0.1, -0.05) is 27.7 Å². The van der Waals surface area contributed by atoms with Gasteiger partial charge in [0.15, 0.2) is 0 Å². The smallest absolute Gasteiger partial charge is 0.115 e. The molecule has 4 heteroatoms. The number of hydrogen-bond donors (Lipinski definition) is 2. The molecule has 4 nitrogen and oxygen atoms in total. The van der Waals surface area contributed by atoms with E-state index in [0.717, 1.165) is 59.6 Å². The molecule has 0 radical (unpaired) electrons. The van der Waals surface area contributed by atoms with E-state index in [1.165, 1.54) is 0 Å². The van der Waals surface area contributed by atoms with Crippen LogP contribution in [-0.2, 0) is 12.8 Å². The fourth-order valence-electron chi connectivity index (χ4n) is 3.41. The molecular weight excluding hydrogens is 372 g/mol. The van der Waals surface area contributed by atoms with Gasteiger partial charge in [0.05, 0.1) is 22.8 Å². The zero-order valence-corrected chi connectivity index (χ0v) is 18.4. The van der Waals surface area contributed by atoms with Crippen LogP contribution in [0.1, 0.15) is 51.9 Å². The summed E-state index contributed by atoms with van der Waals surface area (Å²) in [5, 5.41) is 19.4. The van der Waals surface area contributed by atoms with Crippen LogP contribution in [-0.4, -0.2) is 20.2 Å². The molecular formula is C26H32N2O2. The summed E-state index contributed by atoms with van der Waals surface area (Å²) in [6.07, 6.45) is 3.74. The molecule has 2 aromatic carbocycles. The number of nitrogens with zero attached hydrogens (tertiary/aromatic N) is 2. The summed E-state index contributed by atoms with van der Waals surface area (Å²) in [5.41, 5.74) is 5.70. The minimum Gasteiger partial charge on any atom is -0.508 e. The van der Waals surface area contributed by atoms with Gasteiger partial charge >= 0.3 is 0 Å². The summed E-state index contributed by atoms with van der Waals surface area (Å²) >= 11 is 0. The maximum Gasteiger partial charge on any atom is 0.115 e. The van der Waals surface area contributed by atoms with Gasteiger partial charge in [0.1, 0.15) is 11.5 Å². The molecule has 0 saturated carbocycles. The van der Waals surface area contributed by atoms with Crippen LogP contribution < -0.4 is 0 Å². The Kier molecular flexibility index (Phi) is 7.09. The zero-order chi connectivity index (χ0) is 21.7. The summed E-state index contributed by atoms with van der Waals surface area (Å²) < 4.78 is 0. The highest BCUT2D eigenvalue weighted by atomic mass is 16.3. The third-order valence-corrected chi connectivity index (χ3v) is 5.24. The fourth-order valence-corrected chi connectivity index (χ4v) is 3.41. The van der Waals surface area contributed by atoms with Crippen LogP contribution in [0.5, 0.6) is 11.5 Å². The molecule has 0 saturated heterocycles. The normalized spacial score (nSPS) is 11.4. The lowest BCUT2D eigenvalue weighted by atomic mass is 9.98. The summed E-state index contributed by atoms with van der Waals surface area (Å²) in [6.45, 7) is 8.86. The van der Waals surface area contributed by atoms with Gasteiger partial charge in [-0.05, 0) is 86.1 Å². The molecule has 158 valence electrons. The van der Waals surface area contributed by atoms with E-state index in [-0.39, 0.29) is 11.5 Å². The van der Waals surface area contributed by atoms with E-state index in [2.05, 4.69) is 27.7 Å². The van der Waals surface area contributed by atoms with Crippen molar-refractivity contribution in [2.75, 3.05) is 0 Å². The Morgan fingerprint density at radius 2 is 0.933 bits per heavy atom. The number of phenols is 2. The molecule has 0 bridgehead atoms. The highest BCUT2D eigenvalue weighted by Gasteiger charge is 2.17. The lowest BCUT2D eigenvalue weighted by molar-refractivity contribution is 0.475. The first-order valence-corrected chi connectivity index (χ1v) is 10.8. The molecule has 30 heavy (non-hydrogen) atoms. The standard InChI is InChI=1S/C26H32N2O2/c1-17(2)5-15-23-25(19-7-11-21(29)12-8-19)28-24(16-6-18(3)4)26(27-23)20-9-13-22(30)14-10-20/h7-14,17-18,29-30H,5-6,15-16H2,1-4H3. The lowest BCUT2D eigenvalue weighted by Gasteiger charge is -2.17. The molecule has 0 aliphatic rings. The van der Waals surface area contributed by atoms with Gasteiger partial charge < -0.3 is 10.2 Å². The van der Waals surface area contributed by atoms with E-state index in [0.29, 0.717) is 11.8 Å². The van der Waals surface area contributed by atoms with Gasteiger partial charge in [0.2, 0.25) is 0 Å². The van der Waals surface area contributed by atoms with Crippen molar-refractivity contribution in [2.45, 2.75) is 53.4 Å². The Morgan fingerprint density at radius 1 is 0.600 bits per heavy atom. The van der Waals surface area contributed by atoms with Gasteiger partial charge in [-0.2, -0.15) is 0 Å². The van der Waals surface area contributed by atoms with E-state index in [1.54, 1.807) is 24.3 Å². The van der Waals surface area contributed by atoms with Crippen molar-refractivity contribution in [1.29, 1.82) is 0 Å². The Labute approximate surface area is 179 Å². The molecule has 0 fully saturated rings. The monoisotopic (exact) mass is 404 g/mol. The number of aryl methyl sites for hydroxylation is 2. The highest BCUT2D eigenvalue weighted by molar-refractivity contribution is 5.68. The predicted molar refractivity (Wildman–Crippen MR) is 123 cm³/mol. The average Bonchev–Trinajstić information content (AvgIpc) is 2.71. The van der Waals surface area contributed by atoms with Crippen LogP contribution in [0.15, 0.2) is 48.5 Å². The molecule has 0 unspecified atom stereocenters. The minimum absolute atomic E-state index is 0.246. The third-order valence-electron chi connectivity index (χ3n) is 5.24. The van der Waals surface area contributed by atoms with Crippen LogP contribution in [0.3, 0.4) is 0 Å². The third kappa shape index (κ3) is 5.59. The average molecular weight is 405 g/mol. The largest absolute Gasteiger partial charge is 0.508 e. The van der Waals surface area contributed by atoms with Crippen molar-refractivity contribution in [3.8, 4) is 34.0 Å². The number of hydrogen-bond acceptors (Lipinski definition) is 4. The number of aromatic nitrogens is 2. The van der Waals surface area contributed by atoms with Gasteiger partial charge in [-0.25, -0.2) is 9.97 Å². The fraction of sp³-hybridized carbons (Fsp3) is 0.385. The van der Waals surface area contributed by atoms with Crippen molar-refractivity contribution in [3.05, 3.63) is 59.9 Å². The summed E-state index contributed by atoms with van der Waals surface area (Å²) in [4.78, 5) is 10.2. The van der Waals surface area contributed by atoms with Crippen LogP contribution in [0.25, 0.3) is 22.5 Å². The first kappa shape index (κ1) is 21.8. The first-order chi connectivity index (χ1) is 14.3. The van der Waals surface area contributed by atoms with E-state index in [9.17, 15) is 10.2 Å². The van der Waals surface area contributed by atoms with E-state index in [4.69, 9.17) is 9.97 Å². The van der Waals surface area contributed by atoms with Crippen molar-refractivity contribution < 1.29 is 10.2 Å². The molecule has 0 atom stereocenters. The quantitative estimate of drug-likeness (QED) is 0.456. The first-order valence-electron chi connectivity index (χ1n) is 10.8. The molecule has 1 aromatic heterocycles. The highest BCUT2D eigenvalue weighted by Crippen LogP contribution is 2.31. The van der Waals surface area contributed by atoms with Crippen LogP contribution in [0.4, 0.5) is 0 Å². The Hall–Kier alpha value is -2.88. The zero-order valence-electron chi connectivity index (χ0n) is 18.4. The SMILES string of the molecule is CC(C)CCc1nc(-c2ccc(O)cc2)c(CCC(C)C)nc1-c1ccc(O)cc1. The second-order valence-corrected chi connectivity index (χ2v) is 8.77. The maximum absolute atomic E-state index is 9.71. The number of phenolic OH excluding ortho intramolecular Hbond substituents is 2. The summed E-state index contributed by atoms with van der Waals surface area (Å²) in [6, 6.07) is 14.4. The van der Waals surface area contributed by atoms with Crippen molar-refractivity contribution in [2.24, 2.45) is 11.8 Å². The second kappa shape index (κ2) is 9.75. The van der Waals surface area contributed by atoms with E-state index in [1.807, 2.05) is 24.3 Å².